The van der Waals surface area contributed by atoms with Gasteiger partial charge in [-0.3, -0.25) is 4.79 Å². The molecule has 4 heterocycles. The Kier molecular flexibility index (Phi) is 6.77. The first kappa shape index (κ1) is 26.0. The van der Waals surface area contributed by atoms with E-state index in [1.165, 1.54) is 28.7 Å². The molecule has 2 N–H and O–H groups in total. The number of hydrogen-bond donors (Lipinski definition) is 1. The van der Waals surface area contributed by atoms with Crippen LogP contribution in [0.5, 0.6) is 0 Å². The first-order valence-electron chi connectivity index (χ1n) is 12.9. The lowest BCUT2D eigenvalue weighted by Gasteiger charge is -2.23. The van der Waals surface area contributed by atoms with Gasteiger partial charge in [0.05, 0.1) is 24.3 Å². The van der Waals surface area contributed by atoms with Gasteiger partial charge in [0.1, 0.15) is 17.4 Å². The van der Waals surface area contributed by atoms with E-state index >= 15 is 0 Å². The number of nitrogens with zero attached hydrogens (tertiary/aromatic N) is 5. The first-order valence-corrected chi connectivity index (χ1v) is 13.7. The minimum Gasteiger partial charge on any atom is -0.445 e. The molecule has 0 spiro atoms. The lowest BCUT2D eigenvalue weighted by atomic mass is 9.94. The molecule has 1 aliphatic heterocycles. The van der Waals surface area contributed by atoms with Crippen LogP contribution >= 0.6 is 11.3 Å². The van der Waals surface area contributed by atoms with Crippen LogP contribution in [0.15, 0.2) is 75.2 Å². The van der Waals surface area contributed by atoms with Crippen molar-refractivity contribution in [2.24, 2.45) is 5.73 Å². The molecular weight excluding hydrogens is 531 g/mol. The van der Waals surface area contributed by atoms with Gasteiger partial charge in [-0.05, 0) is 44.0 Å². The highest BCUT2D eigenvalue weighted by molar-refractivity contribution is 7.09. The van der Waals surface area contributed by atoms with Crippen molar-refractivity contribution < 1.29 is 18.0 Å². The lowest BCUT2D eigenvalue weighted by molar-refractivity contribution is 0.0728. The van der Waals surface area contributed by atoms with Crippen LogP contribution in [-0.2, 0) is 12.0 Å². The van der Waals surface area contributed by atoms with Crippen LogP contribution in [0.4, 0.5) is 4.39 Å². The number of rotatable bonds is 7. The molecule has 40 heavy (non-hydrogen) atoms. The molecule has 2 aromatic carbocycles. The average Bonchev–Trinajstić information content (AvgIpc) is 3.76. The fraction of sp³-hybridized carbons (Fsp3) is 0.276. The van der Waals surface area contributed by atoms with Crippen molar-refractivity contribution in [2.45, 2.75) is 44.4 Å². The minimum atomic E-state index is -1.14. The number of oxazole rings is 1. The van der Waals surface area contributed by atoms with E-state index < -0.39 is 17.8 Å². The number of carbonyl (C=O) groups is 1. The lowest BCUT2D eigenvalue weighted by Crippen LogP contribution is -2.35. The number of amides is 1. The molecule has 0 aliphatic carbocycles. The maximum atomic E-state index is 14.6. The summed E-state index contributed by atoms with van der Waals surface area (Å²) in [4.78, 5) is 24.2. The second kappa shape index (κ2) is 10.4. The molecule has 1 unspecified atom stereocenters. The van der Waals surface area contributed by atoms with Crippen molar-refractivity contribution in [2.75, 3.05) is 6.54 Å². The largest absolute Gasteiger partial charge is 0.445 e. The van der Waals surface area contributed by atoms with Gasteiger partial charge in [0.15, 0.2) is 0 Å². The number of carbonyl (C=O) groups excluding carboxylic acids is 1. The van der Waals surface area contributed by atoms with E-state index in [9.17, 15) is 9.18 Å². The first-order chi connectivity index (χ1) is 19.3. The van der Waals surface area contributed by atoms with Gasteiger partial charge < -0.3 is 19.5 Å². The SMILES string of the molecule is Cc1csc([C@H]2C[C@H](F)CN2C(=O)c2cc(-c3ncco3)cc(-c3nnc(C(C)(N)Cc4ccccc4)o3)c2)n1. The van der Waals surface area contributed by atoms with E-state index in [0.717, 1.165) is 16.3 Å². The molecule has 0 radical (unpaired) electrons. The van der Waals surface area contributed by atoms with Gasteiger partial charge in [-0.2, -0.15) is 0 Å². The Hall–Kier alpha value is -4.22. The summed E-state index contributed by atoms with van der Waals surface area (Å²) in [6.45, 7) is 3.69. The smallest absolute Gasteiger partial charge is 0.254 e. The highest BCUT2D eigenvalue weighted by atomic mass is 32.1. The van der Waals surface area contributed by atoms with Gasteiger partial charge in [0, 0.05) is 34.2 Å². The average molecular weight is 559 g/mol. The van der Waals surface area contributed by atoms with Crippen molar-refractivity contribution in [1.82, 2.24) is 25.1 Å². The maximum absolute atomic E-state index is 14.6. The molecule has 3 atom stereocenters. The van der Waals surface area contributed by atoms with Gasteiger partial charge in [0.25, 0.3) is 5.91 Å². The summed E-state index contributed by atoms with van der Waals surface area (Å²) in [6, 6.07) is 14.5. The van der Waals surface area contributed by atoms with Crippen LogP contribution in [0.3, 0.4) is 0 Å². The Morgan fingerprint density at radius 2 is 1.95 bits per heavy atom. The van der Waals surface area contributed by atoms with Gasteiger partial charge in [-0.15, -0.1) is 21.5 Å². The van der Waals surface area contributed by atoms with Crippen molar-refractivity contribution >= 4 is 17.2 Å². The standard InChI is InChI=1S/C29H27FN6O3S/c1-17-16-40-26(33-17)23-13-22(30)15-36(23)27(37)21-11-19(24-32-8-9-38-24)10-20(12-21)25-34-35-28(39-25)29(2,31)14-18-6-4-3-5-7-18/h3-12,16,22-23H,13-15,31H2,1-2H3/t22-,23+,29?/m0/s1. The summed E-state index contributed by atoms with van der Waals surface area (Å²) < 4.78 is 26.2. The number of aryl methyl sites for hydroxylation is 1. The number of nitrogens with two attached hydrogens (primary N) is 1. The molecule has 1 aliphatic rings. The summed E-state index contributed by atoms with van der Waals surface area (Å²) >= 11 is 1.43. The normalized spacial score (nSPS) is 18.6. The molecule has 0 bridgehead atoms. The van der Waals surface area contributed by atoms with Crippen LogP contribution < -0.4 is 5.73 Å². The number of hydrogen-bond acceptors (Lipinski definition) is 9. The van der Waals surface area contributed by atoms with Crippen molar-refractivity contribution in [3.05, 3.63) is 94.1 Å². The Labute approximate surface area is 233 Å². The molecule has 0 saturated carbocycles. The Morgan fingerprint density at radius 1 is 1.18 bits per heavy atom. The van der Waals surface area contributed by atoms with Gasteiger partial charge >= 0.3 is 0 Å². The predicted molar refractivity (Wildman–Crippen MR) is 147 cm³/mol. The Morgan fingerprint density at radius 3 is 2.65 bits per heavy atom. The molecule has 3 aromatic heterocycles. The van der Waals surface area contributed by atoms with Crippen molar-refractivity contribution in [1.29, 1.82) is 0 Å². The summed E-state index contributed by atoms with van der Waals surface area (Å²) in [5.41, 5.74) is 8.90. The number of aromatic nitrogens is 4. The molecular formula is C29H27FN6O3S. The second-order valence-electron chi connectivity index (χ2n) is 10.3. The molecule has 11 heteroatoms. The Balaban J connectivity index is 1.36. The highest BCUT2D eigenvalue weighted by Crippen LogP contribution is 2.37. The maximum Gasteiger partial charge on any atom is 0.254 e. The van der Waals surface area contributed by atoms with E-state index in [2.05, 4.69) is 20.2 Å². The molecule has 1 fully saturated rings. The van der Waals surface area contributed by atoms with Crippen LogP contribution in [0, 0.1) is 6.92 Å². The summed E-state index contributed by atoms with van der Waals surface area (Å²) in [5, 5.41) is 11.1. The fourth-order valence-electron chi connectivity index (χ4n) is 4.96. The zero-order chi connectivity index (χ0) is 27.9. The third-order valence-corrected chi connectivity index (χ3v) is 7.93. The van der Waals surface area contributed by atoms with E-state index in [4.69, 9.17) is 14.6 Å². The molecule has 204 valence electrons. The van der Waals surface area contributed by atoms with Gasteiger partial charge in [-0.25, -0.2) is 14.4 Å². The highest BCUT2D eigenvalue weighted by Gasteiger charge is 2.39. The van der Waals surface area contributed by atoms with Gasteiger partial charge in [0.2, 0.25) is 17.7 Å². The summed E-state index contributed by atoms with van der Waals surface area (Å²) in [5.74, 6) is 0.444. The van der Waals surface area contributed by atoms with Crippen molar-refractivity contribution in [3.63, 3.8) is 0 Å². The fourth-order valence-corrected chi connectivity index (χ4v) is 5.89. The second-order valence-corrected chi connectivity index (χ2v) is 11.2. The third-order valence-electron chi connectivity index (χ3n) is 6.87. The monoisotopic (exact) mass is 558 g/mol. The number of likely N-dealkylation sites (tertiary alicyclic amines) is 1. The topological polar surface area (TPSA) is 124 Å². The molecule has 9 nitrogen and oxygen atoms in total. The van der Waals surface area contributed by atoms with E-state index in [-0.39, 0.29) is 30.7 Å². The zero-order valence-electron chi connectivity index (χ0n) is 22.0. The number of benzene rings is 2. The summed E-state index contributed by atoms with van der Waals surface area (Å²) in [6.07, 6.45) is 2.53. The van der Waals surface area contributed by atoms with Crippen LogP contribution in [0.25, 0.3) is 22.9 Å². The Bertz CT molecular complexity index is 1630. The molecule has 1 saturated heterocycles. The molecule has 5 aromatic rings. The zero-order valence-corrected chi connectivity index (χ0v) is 22.8. The quantitative estimate of drug-likeness (QED) is 0.278. The number of halogens is 1. The third kappa shape index (κ3) is 5.17. The number of thiazole rings is 1. The predicted octanol–water partition coefficient (Wildman–Crippen LogP) is 5.50. The minimum absolute atomic E-state index is 0.0174. The van der Waals surface area contributed by atoms with Crippen molar-refractivity contribution in [3.8, 4) is 22.9 Å². The summed E-state index contributed by atoms with van der Waals surface area (Å²) in [7, 11) is 0. The van der Waals surface area contributed by atoms with Crippen LogP contribution in [-0.4, -0.2) is 43.7 Å². The van der Waals surface area contributed by atoms with Crippen LogP contribution in [0.1, 0.15) is 51.9 Å². The molecule has 1 amide bonds. The van der Waals surface area contributed by atoms with E-state index in [0.29, 0.717) is 29.0 Å². The number of alkyl halides is 1. The van der Waals surface area contributed by atoms with Gasteiger partial charge in [-0.1, -0.05) is 30.3 Å². The van der Waals surface area contributed by atoms with E-state index in [1.807, 2.05) is 49.6 Å². The van der Waals surface area contributed by atoms with Crippen LogP contribution in [0.2, 0.25) is 0 Å². The molecule has 6 rings (SSSR count). The van der Waals surface area contributed by atoms with E-state index in [1.54, 1.807) is 18.2 Å².